The predicted octanol–water partition coefficient (Wildman–Crippen LogP) is 2.17. The molecule has 0 saturated carbocycles. The second-order valence-electron chi connectivity index (χ2n) is 5.89. The highest BCUT2D eigenvalue weighted by atomic mass is 32.2. The highest BCUT2D eigenvalue weighted by Crippen LogP contribution is 2.25. The van der Waals surface area contributed by atoms with Gasteiger partial charge in [0.25, 0.3) is 10.0 Å². The van der Waals surface area contributed by atoms with E-state index in [9.17, 15) is 8.42 Å². The number of para-hydroxylation sites is 1. The molecule has 0 aliphatic rings. The zero-order chi connectivity index (χ0) is 18.3. The van der Waals surface area contributed by atoms with Crippen LogP contribution in [0.2, 0.25) is 0 Å². The number of imidazole rings is 1. The molecule has 26 heavy (non-hydrogen) atoms. The Morgan fingerprint density at radius 1 is 1.04 bits per heavy atom. The normalized spacial score (nSPS) is 11.8. The van der Waals surface area contributed by atoms with E-state index in [0.717, 1.165) is 16.6 Å². The molecule has 132 valence electrons. The number of nitrogens with one attached hydrogen (secondary N) is 1. The largest absolute Gasteiger partial charge is 0.332 e. The van der Waals surface area contributed by atoms with Crippen LogP contribution >= 0.6 is 0 Å². The Hall–Kier alpha value is -3.20. The van der Waals surface area contributed by atoms with Crippen LogP contribution in [-0.2, 0) is 24.1 Å². The fraction of sp³-hybridized carbons (Fsp3) is 0.118. The van der Waals surface area contributed by atoms with Crippen LogP contribution in [0.15, 0.2) is 60.1 Å². The summed E-state index contributed by atoms with van der Waals surface area (Å²) in [5.41, 5.74) is 2.65. The minimum atomic E-state index is -3.77. The fourth-order valence-corrected chi connectivity index (χ4v) is 3.82. The van der Waals surface area contributed by atoms with Gasteiger partial charge in [0.2, 0.25) is 0 Å². The number of anilines is 1. The summed E-state index contributed by atoms with van der Waals surface area (Å²) in [4.78, 5) is 8.39. The molecule has 0 radical (unpaired) electrons. The third kappa shape index (κ3) is 2.72. The lowest BCUT2D eigenvalue weighted by Gasteiger charge is -2.10. The first-order valence-electron chi connectivity index (χ1n) is 7.82. The molecular formula is C17H16N6O2S. The lowest BCUT2D eigenvalue weighted by molar-refractivity contribution is 0.601. The van der Waals surface area contributed by atoms with E-state index in [1.54, 1.807) is 48.6 Å². The summed E-state index contributed by atoms with van der Waals surface area (Å²) in [7, 11) is -0.151. The van der Waals surface area contributed by atoms with E-state index in [-0.39, 0.29) is 4.90 Å². The zero-order valence-corrected chi connectivity index (χ0v) is 15.0. The van der Waals surface area contributed by atoms with Crippen LogP contribution in [0.25, 0.3) is 22.3 Å². The Balaban J connectivity index is 1.68. The van der Waals surface area contributed by atoms with Gasteiger partial charge in [-0.3, -0.25) is 14.4 Å². The van der Waals surface area contributed by atoms with Crippen molar-refractivity contribution < 1.29 is 8.42 Å². The quantitative estimate of drug-likeness (QED) is 0.596. The number of hydrogen-bond acceptors (Lipinski definition) is 5. The molecule has 0 bridgehead atoms. The van der Waals surface area contributed by atoms with Gasteiger partial charge in [-0.15, -0.1) is 0 Å². The third-order valence-corrected chi connectivity index (χ3v) is 5.48. The van der Waals surface area contributed by atoms with Gasteiger partial charge >= 0.3 is 0 Å². The molecule has 0 amide bonds. The van der Waals surface area contributed by atoms with E-state index in [1.807, 2.05) is 17.7 Å². The average Bonchev–Trinajstić information content (AvgIpc) is 3.21. The number of pyridine rings is 1. The summed E-state index contributed by atoms with van der Waals surface area (Å²) >= 11 is 0. The number of nitrogens with zero attached hydrogens (tertiary/aromatic N) is 5. The minimum Gasteiger partial charge on any atom is -0.332 e. The maximum absolute atomic E-state index is 12.7. The van der Waals surface area contributed by atoms with Crippen LogP contribution in [0.3, 0.4) is 0 Å². The molecule has 9 heteroatoms. The first-order valence-corrected chi connectivity index (χ1v) is 9.30. The van der Waals surface area contributed by atoms with Crippen molar-refractivity contribution >= 4 is 26.6 Å². The van der Waals surface area contributed by atoms with Crippen LogP contribution < -0.4 is 4.72 Å². The summed E-state index contributed by atoms with van der Waals surface area (Å²) in [5, 5.41) is 5.03. The summed E-state index contributed by atoms with van der Waals surface area (Å²) in [6, 6.07) is 8.56. The summed E-state index contributed by atoms with van der Waals surface area (Å²) < 4.78 is 31.6. The lowest BCUT2D eigenvalue weighted by atomic mass is 10.2. The van der Waals surface area contributed by atoms with Crippen LogP contribution in [0.5, 0.6) is 0 Å². The zero-order valence-electron chi connectivity index (χ0n) is 14.2. The van der Waals surface area contributed by atoms with Gasteiger partial charge in [0.1, 0.15) is 4.90 Å². The van der Waals surface area contributed by atoms with E-state index in [1.165, 1.54) is 12.3 Å². The molecule has 3 heterocycles. The van der Waals surface area contributed by atoms with Crippen molar-refractivity contribution in [2.24, 2.45) is 14.1 Å². The molecule has 0 aliphatic heterocycles. The first kappa shape index (κ1) is 16.3. The smallest absolute Gasteiger partial charge is 0.263 e. The van der Waals surface area contributed by atoms with Gasteiger partial charge in [0.15, 0.2) is 0 Å². The Morgan fingerprint density at radius 2 is 1.88 bits per heavy atom. The van der Waals surface area contributed by atoms with Crippen molar-refractivity contribution in [2.45, 2.75) is 4.90 Å². The highest BCUT2D eigenvalue weighted by Gasteiger charge is 2.18. The second kappa shape index (κ2) is 5.95. The van der Waals surface area contributed by atoms with E-state index < -0.39 is 10.0 Å². The van der Waals surface area contributed by atoms with Gasteiger partial charge in [-0.25, -0.2) is 13.4 Å². The Labute approximate surface area is 150 Å². The molecule has 0 spiro atoms. The van der Waals surface area contributed by atoms with Gasteiger partial charge in [-0.1, -0.05) is 12.1 Å². The molecule has 3 aromatic heterocycles. The molecule has 1 aromatic carbocycles. The Morgan fingerprint density at radius 3 is 2.58 bits per heavy atom. The monoisotopic (exact) mass is 368 g/mol. The SMILES string of the molecule is Cn1cncc1-c1ccc(S(=O)(=O)Nc2cccc3cnn(C)c23)cn1. The number of hydrogen-bond donors (Lipinski definition) is 1. The number of aromatic nitrogens is 5. The lowest BCUT2D eigenvalue weighted by Crippen LogP contribution is -2.14. The van der Waals surface area contributed by atoms with E-state index in [2.05, 4.69) is 19.8 Å². The number of aryl methyl sites for hydroxylation is 2. The van der Waals surface area contributed by atoms with Crippen molar-refractivity contribution in [3.05, 3.63) is 55.2 Å². The predicted molar refractivity (Wildman–Crippen MR) is 98.0 cm³/mol. The van der Waals surface area contributed by atoms with Gasteiger partial charge in [-0.05, 0) is 18.2 Å². The minimum absolute atomic E-state index is 0.0857. The molecule has 0 saturated heterocycles. The summed E-state index contributed by atoms with van der Waals surface area (Å²) in [5.74, 6) is 0. The van der Waals surface area contributed by atoms with Gasteiger partial charge in [0, 0.05) is 25.7 Å². The van der Waals surface area contributed by atoms with Crippen molar-refractivity contribution in [1.82, 2.24) is 24.3 Å². The number of fused-ring (bicyclic) bond motifs is 1. The van der Waals surface area contributed by atoms with Crippen LogP contribution in [0, 0.1) is 0 Å². The molecule has 0 atom stereocenters. The Bertz CT molecular complexity index is 1190. The van der Waals surface area contributed by atoms with Gasteiger partial charge in [0.05, 0.1) is 41.3 Å². The average molecular weight is 368 g/mol. The molecule has 0 fully saturated rings. The van der Waals surface area contributed by atoms with Crippen molar-refractivity contribution in [1.29, 1.82) is 0 Å². The maximum Gasteiger partial charge on any atom is 0.263 e. The van der Waals surface area contributed by atoms with E-state index >= 15 is 0 Å². The van der Waals surface area contributed by atoms with Crippen molar-refractivity contribution in [3.8, 4) is 11.4 Å². The Kier molecular flexibility index (Phi) is 3.73. The highest BCUT2D eigenvalue weighted by molar-refractivity contribution is 7.92. The van der Waals surface area contributed by atoms with Crippen molar-refractivity contribution in [3.63, 3.8) is 0 Å². The van der Waals surface area contributed by atoms with E-state index in [0.29, 0.717) is 11.4 Å². The second-order valence-corrected chi connectivity index (χ2v) is 7.57. The van der Waals surface area contributed by atoms with Gasteiger partial charge in [-0.2, -0.15) is 5.10 Å². The molecule has 1 N–H and O–H groups in total. The summed E-state index contributed by atoms with van der Waals surface area (Å²) in [6.07, 6.45) is 6.38. The number of benzene rings is 1. The summed E-state index contributed by atoms with van der Waals surface area (Å²) in [6.45, 7) is 0. The van der Waals surface area contributed by atoms with Crippen LogP contribution in [-0.4, -0.2) is 32.7 Å². The fourth-order valence-electron chi connectivity index (χ4n) is 2.81. The first-order chi connectivity index (χ1) is 12.5. The van der Waals surface area contributed by atoms with Crippen molar-refractivity contribution in [2.75, 3.05) is 4.72 Å². The van der Waals surface area contributed by atoms with Gasteiger partial charge < -0.3 is 4.57 Å². The van der Waals surface area contributed by atoms with E-state index in [4.69, 9.17) is 0 Å². The molecular weight excluding hydrogens is 352 g/mol. The number of sulfonamides is 1. The van der Waals surface area contributed by atoms with Crippen LogP contribution in [0.1, 0.15) is 0 Å². The molecule has 4 rings (SSSR count). The topological polar surface area (TPSA) is 94.7 Å². The third-order valence-electron chi connectivity index (χ3n) is 4.13. The molecule has 0 aliphatic carbocycles. The van der Waals surface area contributed by atoms with Crippen LogP contribution in [0.4, 0.5) is 5.69 Å². The molecule has 8 nitrogen and oxygen atoms in total. The standard InChI is InChI=1S/C17H16N6O2S/c1-22-11-18-10-16(22)14-7-6-13(9-19-14)26(24,25)21-15-5-3-4-12-8-20-23(2)17(12)15/h3-11,21H,1-2H3. The maximum atomic E-state index is 12.7. The molecule has 0 unspecified atom stereocenters. The molecule has 4 aromatic rings. The number of rotatable bonds is 4.